The van der Waals surface area contributed by atoms with Crippen LogP contribution in [-0.2, 0) is 4.74 Å². The van der Waals surface area contributed by atoms with Crippen molar-refractivity contribution < 1.29 is 18.3 Å². The Bertz CT molecular complexity index is 1400. The minimum atomic E-state index is -0.511. The largest absolute Gasteiger partial charge is 0.436 e. The van der Waals surface area contributed by atoms with Gasteiger partial charge in [0.25, 0.3) is 0 Å². The van der Waals surface area contributed by atoms with Crippen LogP contribution in [0.4, 0.5) is 21.6 Å². The van der Waals surface area contributed by atoms with Gasteiger partial charge in [-0.3, -0.25) is 19.7 Å². The van der Waals surface area contributed by atoms with Crippen LogP contribution in [0.25, 0.3) is 22.2 Å². The summed E-state index contributed by atoms with van der Waals surface area (Å²) >= 11 is 5.91. The van der Waals surface area contributed by atoms with Crippen LogP contribution in [0.3, 0.4) is 0 Å². The molecule has 0 unspecified atom stereocenters. The van der Waals surface area contributed by atoms with Gasteiger partial charge in [0.2, 0.25) is 5.88 Å². The highest BCUT2D eigenvalue weighted by atomic mass is 35.5. The molecule has 10 heteroatoms. The summed E-state index contributed by atoms with van der Waals surface area (Å²) in [6.45, 7) is 4.13. The van der Waals surface area contributed by atoms with Gasteiger partial charge in [-0.25, -0.2) is 4.39 Å². The third kappa shape index (κ3) is 5.18. The number of carbonyl (C=O) groups is 1. The summed E-state index contributed by atoms with van der Waals surface area (Å²) in [6.07, 6.45) is 4.40. The molecule has 0 bridgehead atoms. The summed E-state index contributed by atoms with van der Waals surface area (Å²) in [6, 6.07) is 9.57. The van der Waals surface area contributed by atoms with E-state index in [1.54, 1.807) is 36.7 Å². The Morgan fingerprint density at radius 1 is 1.14 bits per heavy atom. The van der Waals surface area contributed by atoms with E-state index in [-0.39, 0.29) is 16.7 Å². The number of benzene rings is 1. The van der Waals surface area contributed by atoms with Crippen LogP contribution >= 0.6 is 11.6 Å². The fourth-order valence-corrected chi connectivity index (χ4v) is 4.42. The summed E-state index contributed by atoms with van der Waals surface area (Å²) in [4.78, 5) is 23.9. The summed E-state index contributed by atoms with van der Waals surface area (Å²) in [5.41, 5.74) is 9.32. The summed E-state index contributed by atoms with van der Waals surface area (Å²) < 4.78 is 24.8. The van der Waals surface area contributed by atoms with E-state index in [4.69, 9.17) is 26.5 Å². The molecular weight excluding hydrogens is 485 g/mol. The van der Waals surface area contributed by atoms with Gasteiger partial charge in [-0.1, -0.05) is 11.6 Å². The summed E-state index contributed by atoms with van der Waals surface area (Å²) in [5.74, 6) is -0.386. The molecule has 1 aromatic carbocycles. The highest BCUT2D eigenvalue weighted by Crippen LogP contribution is 2.39. The Morgan fingerprint density at radius 3 is 2.75 bits per heavy atom. The Labute approximate surface area is 212 Å². The molecule has 36 heavy (non-hydrogen) atoms. The number of anilines is 3. The van der Waals surface area contributed by atoms with E-state index in [9.17, 15) is 9.18 Å². The van der Waals surface area contributed by atoms with Crippen molar-refractivity contribution >= 4 is 45.6 Å². The number of nitrogen functional groups attached to an aromatic ring is 1. The van der Waals surface area contributed by atoms with Crippen LogP contribution in [0.2, 0.25) is 5.02 Å². The van der Waals surface area contributed by atoms with Crippen molar-refractivity contribution in [2.45, 2.75) is 12.8 Å². The molecule has 0 radical (unpaired) electrons. The topological polar surface area (TPSA) is 107 Å². The van der Waals surface area contributed by atoms with Crippen LogP contribution in [0.5, 0.6) is 0 Å². The molecule has 1 aliphatic rings. The minimum Gasteiger partial charge on any atom is -0.436 e. The van der Waals surface area contributed by atoms with E-state index in [1.807, 2.05) is 0 Å². The number of nitrogens with two attached hydrogens (primary N) is 1. The molecule has 8 nitrogen and oxygen atoms in total. The number of halogens is 2. The fourth-order valence-electron chi connectivity index (χ4n) is 4.24. The number of carbonyl (C=O) groups excluding carboxylic acids is 1. The monoisotopic (exact) mass is 509 g/mol. The highest BCUT2D eigenvalue weighted by molar-refractivity contribution is 6.31. The number of pyridine rings is 2. The Balaban J connectivity index is 1.37. The standard InChI is InChI=1S/C26H25ClFN5O3/c27-19-15-17(3-4-20(19)28)32-24-18-6-8-31-23(25(18)36-26(24)29)16-5-7-30-21(14-16)22(34)2-1-9-33-10-12-35-13-11-33/h3-8,14-15,32H,1-2,9-13,29H2. The third-order valence-corrected chi connectivity index (χ3v) is 6.41. The first-order chi connectivity index (χ1) is 17.5. The SMILES string of the molecule is Nc1oc2c(-c3ccnc(C(=O)CCCN4CCOCC4)c3)nccc2c1Nc1ccc(F)c(Cl)c1. The van der Waals surface area contributed by atoms with Gasteiger partial charge >= 0.3 is 0 Å². The molecule has 4 aromatic rings. The number of morpholine rings is 1. The van der Waals surface area contributed by atoms with Crippen molar-refractivity contribution in [3.8, 4) is 11.3 Å². The van der Waals surface area contributed by atoms with Crippen LogP contribution in [0.1, 0.15) is 23.3 Å². The van der Waals surface area contributed by atoms with E-state index in [1.165, 1.54) is 12.1 Å². The molecule has 3 aromatic heterocycles. The van der Waals surface area contributed by atoms with Crippen LogP contribution in [0.15, 0.2) is 53.2 Å². The number of aromatic nitrogens is 2. The van der Waals surface area contributed by atoms with Crippen molar-refractivity contribution in [1.29, 1.82) is 0 Å². The summed E-state index contributed by atoms with van der Waals surface area (Å²) in [7, 11) is 0. The van der Waals surface area contributed by atoms with Gasteiger partial charge in [-0.15, -0.1) is 0 Å². The number of ketones is 1. The molecule has 5 rings (SSSR count). The quantitative estimate of drug-likeness (QED) is 0.308. The first kappa shape index (κ1) is 24.2. The van der Waals surface area contributed by atoms with Gasteiger partial charge in [0, 0.05) is 43.2 Å². The van der Waals surface area contributed by atoms with Gasteiger partial charge in [0.1, 0.15) is 22.9 Å². The number of furan rings is 1. The second kappa shape index (κ2) is 10.6. The smallest absolute Gasteiger partial charge is 0.215 e. The molecule has 1 saturated heterocycles. The van der Waals surface area contributed by atoms with Crippen LogP contribution in [-0.4, -0.2) is 53.5 Å². The van der Waals surface area contributed by atoms with Gasteiger partial charge in [-0.05, 0) is 49.4 Å². The maximum Gasteiger partial charge on any atom is 0.215 e. The van der Waals surface area contributed by atoms with Gasteiger partial charge in [-0.2, -0.15) is 0 Å². The number of hydrogen-bond acceptors (Lipinski definition) is 8. The van der Waals surface area contributed by atoms with Crippen LogP contribution < -0.4 is 11.1 Å². The Morgan fingerprint density at radius 2 is 1.94 bits per heavy atom. The Hall–Kier alpha value is -3.53. The van der Waals surface area contributed by atoms with E-state index in [0.717, 1.165) is 39.3 Å². The number of fused-ring (bicyclic) bond motifs is 1. The molecule has 0 aliphatic carbocycles. The fraction of sp³-hybridized carbons (Fsp3) is 0.269. The van der Waals surface area contributed by atoms with Crippen molar-refractivity contribution in [3.63, 3.8) is 0 Å². The molecule has 3 N–H and O–H groups in total. The lowest BCUT2D eigenvalue weighted by Crippen LogP contribution is -2.36. The second-order valence-electron chi connectivity index (χ2n) is 8.54. The maximum atomic E-state index is 13.5. The number of hydrogen-bond donors (Lipinski definition) is 2. The number of nitrogens with zero attached hydrogens (tertiary/aromatic N) is 3. The lowest BCUT2D eigenvalue weighted by molar-refractivity contribution is 0.0371. The molecular formula is C26H25ClFN5O3. The summed E-state index contributed by atoms with van der Waals surface area (Å²) in [5, 5.41) is 3.83. The van der Waals surface area contributed by atoms with Gasteiger partial charge in [0.15, 0.2) is 11.4 Å². The van der Waals surface area contributed by atoms with Crippen molar-refractivity contribution in [3.05, 3.63) is 65.3 Å². The molecule has 4 heterocycles. The molecule has 186 valence electrons. The van der Waals surface area contributed by atoms with E-state index in [2.05, 4.69) is 20.2 Å². The minimum absolute atomic E-state index is 0.00680. The number of ether oxygens (including phenoxy) is 1. The second-order valence-corrected chi connectivity index (χ2v) is 8.95. The highest BCUT2D eigenvalue weighted by Gasteiger charge is 2.19. The Kier molecular flexibility index (Phi) is 7.13. The van der Waals surface area contributed by atoms with Crippen LogP contribution in [0, 0.1) is 5.82 Å². The van der Waals surface area contributed by atoms with Crippen molar-refractivity contribution in [2.75, 3.05) is 43.9 Å². The third-order valence-electron chi connectivity index (χ3n) is 6.12. The normalized spacial score (nSPS) is 14.3. The average molecular weight is 510 g/mol. The zero-order valence-corrected chi connectivity index (χ0v) is 20.2. The first-order valence-corrected chi connectivity index (χ1v) is 12.1. The molecule has 1 fully saturated rings. The van der Waals surface area contributed by atoms with E-state index >= 15 is 0 Å². The van der Waals surface area contributed by atoms with Gasteiger partial charge < -0.3 is 20.2 Å². The zero-order chi connectivity index (χ0) is 25.1. The predicted molar refractivity (Wildman–Crippen MR) is 137 cm³/mol. The maximum absolute atomic E-state index is 13.5. The lowest BCUT2D eigenvalue weighted by Gasteiger charge is -2.26. The molecule has 0 saturated carbocycles. The molecule has 0 amide bonds. The van der Waals surface area contributed by atoms with Crippen molar-refractivity contribution in [2.24, 2.45) is 0 Å². The molecule has 0 atom stereocenters. The number of nitrogens with one attached hydrogen (secondary N) is 1. The van der Waals surface area contributed by atoms with E-state index in [0.29, 0.717) is 45.7 Å². The zero-order valence-electron chi connectivity index (χ0n) is 19.5. The average Bonchev–Trinajstić information content (AvgIpc) is 3.21. The first-order valence-electron chi connectivity index (χ1n) is 11.7. The molecule has 1 aliphatic heterocycles. The van der Waals surface area contributed by atoms with Gasteiger partial charge in [0.05, 0.1) is 23.6 Å². The predicted octanol–water partition coefficient (Wildman–Crippen LogP) is 5.30. The van der Waals surface area contributed by atoms with Crippen molar-refractivity contribution in [1.82, 2.24) is 14.9 Å². The number of rotatable bonds is 8. The lowest BCUT2D eigenvalue weighted by atomic mass is 10.1. The van der Waals surface area contributed by atoms with E-state index < -0.39 is 5.82 Å². The molecule has 0 spiro atoms. The number of Topliss-reactive ketones (excluding diaryl/α,β-unsaturated/α-hetero) is 1.